The highest BCUT2D eigenvalue weighted by atomic mass is 35.5. The zero-order chi connectivity index (χ0) is 33.0. The summed E-state index contributed by atoms with van der Waals surface area (Å²) in [5.74, 6) is 0. The first kappa shape index (κ1) is 36.6. The number of benzene rings is 2. The number of aryl methyl sites for hydroxylation is 2. The number of nitrogens with two attached hydrogens (primary N) is 2. The van der Waals surface area contributed by atoms with Gasteiger partial charge in [-0.2, -0.15) is 0 Å². The maximum absolute atomic E-state index is 12.6. The molecule has 0 aliphatic heterocycles. The van der Waals surface area contributed by atoms with Gasteiger partial charge in [-0.3, -0.25) is 0 Å². The van der Waals surface area contributed by atoms with Crippen LogP contribution in [0.1, 0.15) is 85.9 Å². The maximum atomic E-state index is 12.6. The molecule has 0 amide bonds. The van der Waals surface area contributed by atoms with Crippen molar-refractivity contribution in [3.63, 3.8) is 0 Å². The number of anilines is 2. The lowest BCUT2D eigenvalue weighted by molar-refractivity contribution is 0.624. The van der Waals surface area contributed by atoms with Crippen LogP contribution < -0.4 is 20.9 Å². The average Bonchev–Trinajstić information content (AvgIpc) is 3.44. The Morgan fingerprint density at radius 3 is 1.25 bits per heavy atom. The third kappa shape index (κ3) is 9.56. The Labute approximate surface area is 283 Å². The Morgan fingerprint density at radius 2 is 1.00 bits per heavy atom. The molecule has 2 aromatic carbocycles. The highest BCUT2D eigenvalue weighted by Crippen LogP contribution is 2.37. The van der Waals surface area contributed by atoms with Crippen LogP contribution >= 0.6 is 45.9 Å². The molecule has 0 unspecified atom stereocenters. The van der Waals surface area contributed by atoms with Gasteiger partial charge in [0.1, 0.15) is 0 Å². The average molecular weight is 716 g/mol. The molecule has 2 heterocycles. The highest BCUT2D eigenvalue weighted by Gasteiger charge is 2.29. The van der Waals surface area contributed by atoms with E-state index in [1.165, 1.54) is 22.7 Å². The van der Waals surface area contributed by atoms with Gasteiger partial charge < -0.3 is 11.5 Å². The van der Waals surface area contributed by atoms with Crippen LogP contribution in [-0.4, -0.2) is 27.9 Å². The first-order chi connectivity index (χ1) is 20.4. The summed E-state index contributed by atoms with van der Waals surface area (Å²) in [5.41, 5.74) is 15.0. The third-order valence-electron chi connectivity index (χ3n) is 6.22. The minimum absolute atomic E-state index is 0.302. The molecule has 8 nitrogen and oxygen atoms in total. The summed E-state index contributed by atoms with van der Waals surface area (Å²) in [4.78, 5) is 10.4. The van der Waals surface area contributed by atoms with E-state index >= 15 is 0 Å². The largest absolute Gasteiger partial charge is 0.375 e. The van der Waals surface area contributed by atoms with Crippen molar-refractivity contribution in [2.45, 2.75) is 77.0 Å². The fourth-order valence-electron chi connectivity index (χ4n) is 3.90. The van der Waals surface area contributed by atoms with Crippen LogP contribution in [0.3, 0.4) is 0 Å². The van der Waals surface area contributed by atoms with E-state index in [4.69, 9.17) is 34.7 Å². The number of nitrogens with zero attached hydrogens (tertiary/aromatic N) is 2. The van der Waals surface area contributed by atoms with E-state index in [1.54, 1.807) is 0 Å². The van der Waals surface area contributed by atoms with Crippen LogP contribution in [0, 0.1) is 13.8 Å². The Hall–Kier alpha value is -1.90. The number of rotatable bonds is 8. The van der Waals surface area contributed by atoms with Crippen molar-refractivity contribution in [3.05, 3.63) is 90.8 Å². The monoisotopic (exact) mass is 714 g/mol. The molecule has 4 rings (SSSR count). The molecule has 2 aromatic heterocycles. The lowest BCUT2D eigenvalue weighted by Crippen LogP contribution is -2.36. The van der Waals surface area contributed by atoms with Gasteiger partial charge in [-0.05, 0) is 78.6 Å². The molecule has 14 heteroatoms. The number of halogens is 2. The van der Waals surface area contributed by atoms with Gasteiger partial charge in [0.15, 0.2) is 10.3 Å². The Morgan fingerprint density at radius 1 is 0.682 bits per heavy atom. The van der Waals surface area contributed by atoms with Crippen molar-refractivity contribution in [1.82, 2.24) is 19.4 Å². The van der Waals surface area contributed by atoms with Crippen molar-refractivity contribution >= 4 is 78.1 Å². The zero-order valence-corrected chi connectivity index (χ0v) is 30.8. The van der Waals surface area contributed by atoms with Crippen LogP contribution in [0.5, 0.6) is 0 Å². The number of nitrogens with one attached hydrogen (secondary N) is 2. The molecule has 0 bridgehead atoms. The molecule has 0 fully saturated rings. The van der Waals surface area contributed by atoms with Gasteiger partial charge in [-0.15, -0.1) is 22.7 Å². The molecule has 0 spiro atoms. The predicted octanol–water partition coefficient (Wildman–Crippen LogP) is 7.66. The SMILES string of the molecule is Cc1nc(N)sc1[C@@H](N[S@](=O)C(C)(C)C)c1ccccc1Cl.Cc1nc(N)sc1[C@H](N[S@](=O)C(C)(C)C)c1ccccc1Cl. The smallest absolute Gasteiger partial charge is 0.180 e. The number of hydrogen-bond donors (Lipinski definition) is 4. The third-order valence-corrected chi connectivity index (χ3v) is 12.1. The summed E-state index contributed by atoms with van der Waals surface area (Å²) in [7, 11) is -2.49. The maximum Gasteiger partial charge on any atom is 0.180 e. The van der Waals surface area contributed by atoms with Gasteiger partial charge in [-0.25, -0.2) is 27.8 Å². The van der Waals surface area contributed by atoms with Gasteiger partial charge in [0.25, 0.3) is 0 Å². The van der Waals surface area contributed by atoms with E-state index in [9.17, 15) is 8.42 Å². The first-order valence-corrected chi connectivity index (χ1v) is 18.4. The molecule has 0 aliphatic rings. The second kappa shape index (κ2) is 15.1. The second-order valence-corrected chi connectivity index (χ2v) is 18.8. The fraction of sp³-hybridized carbons (Fsp3) is 0.400. The van der Waals surface area contributed by atoms with Crippen molar-refractivity contribution < 1.29 is 8.42 Å². The van der Waals surface area contributed by atoms with Crippen molar-refractivity contribution in [2.24, 2.45) is 0 Å². The molecule has 0 saturated carbocycles. The van der Waals surface area contributed by atoms with E-state index in [0.717, 1.165) is 32.3 Å². The summed E-state index contributed by atoms with van der Waals surface area (Å²) in [6.07, 6.45) is 0. The first-order valence-electron chi connectivity index (χ1n) is 13.7. The van der Waals surface area contributed by atoms with Gasteiger partial charge in [0.05, 0.1) is 64.7 Å². The molecule has 0 aliphatic carbocycles. The molecular weight excluding hydrogens is 676 g/mol. The molecule has 4 atom stereocenters. The molecule has 240 valence electrons. The van der Waals surface area contributed by atoms with Crippen LogP contribution in [0.4, 0.5) is 10.3 Å². The van der Waals surface area contributed by atoms with E-state index in [0.29, 0.717) is 20.3 Å². The number of hydrogen-bond acceptors (Lipinski definition) is 8. The molecule has 6 N–H and O–H groups in total. The molecule has 44 heavy (non-hydrogen) atoms. The summed E-state index contributed by atoms with van der Waals surface area (Å²) in [6, 6.07) is 14.5. The quantitative estimate of drug-likeness (QED) is 0.148. The minimum atomic E-state index is -1.25. The Balaban J connectivity index is 0.000000240. The lowest BCUT2D eigenvalue weighted by Gasteiger charge is -2.24. The Bertz CT molecular complexity index is 1510. The number of nitrogen functional groups attached to an aromatic ring is 2. The van der Waals surface area contributed by atoms with Crippen molar-refractivity contribution in [1.29, 1.82) is 0 Å². The summed E-state index contributed by atoms with van der Waals surface area (Å²) < 4.78 is 30.7. The molecule has 4 aromatic rings. The molecular formula is C30H40Cl2N6O2S4. The van der Waals surface area contributed by atoms with Crippen LogP contribution in [-0.2, 0) is 22.0 Å². The second-order valence-electron chi connectivity index (χ2n) is 11.9. The normalized spacial score (nSPS) is 14.8. The number of thiazole rings is 2. The van der Waals surface area contributed by atoms with Gasteiger partial charge in [-0.1, -0.05) is 59.6 Å². The van der Waals surface area contributed by atoms with Crippen LogP contribution in [0.2, 0.25) is 10.0 Å². The van der Waals surface area contributed by atoms with E-state index in [-0.39, 0.29) is 21.6 Å². The number of aromatic nitrogens is 2. The fourth-order valence-corrected chi connectivity index (χ4v) is 7.97. The van der Waals surface area contributed by atoms with E-state index in [1.807, 2.05) is 104 Å². The van der Waals surface area contributed by atoms with Gasteiger partial charge >= 0.3 is 0 Å². The van der Waals surface area contributed by atoms with Crippen LogP contribution in [0.15, 0.2) is 48.5 Å². The minimum Gasteiger partial charge on any atom is -0.375 e. The van der Waals surface area contributed by atoms with Crippen molar-refractivity contribution in [2.75, 3.05) is 11.5 Å². The standard InChI is InChI=1S/2C15H20ClN3OS2/c2*1-9-13(21-14(17)18-9)12(19-22(20)15(2,3)4)10-7-5-6-8-11(10)16/h2*5-8,12,19H,1-4H3,(H2,17,18)/t12-,22+;12-,22-/m01/s1. The van der Waals surface area contributed by atoms with Gasteiger partial charge in [0, 0.05) is 10.0 Å². The lowest BCUT2D eigenvalue weighted by atomic mass is 10.1. The Kier molecular flexibility index (Phi) is 12.6. The predicted molar refractivity (Wildman–Crippen MR) is 191 cm³/mol. The molecule has 0 radical (unpaired) electrons. The molecule has 0 saturated heterocycles. The summed E-state index contributed by atoms with van der Waals surface area (Å²) in [5, 5.41) is 2.23. The van der Waals surface area contributed by atoms with Crippen LogP contribution in [0.25, 0.3) is 0 Å². The van der Waals surface area contributed by atoms with Crippen molar-refractivity contribution in [3.8, 4) is 0 Å². The zero-order valence-electron chi connectivity index (χ0n) is 26.0. The summed E-state index contributed by atoms with van der Waals surface area (Å²) >= 11 is 15.5. The summed E-state index contributed by atoms with van der Waals surface area (Å²) in [6.45, 7) is 15.3. The van der Waals surface area contributed by atoms with Gasteiger partial charge in [0.2, 0.25) is 0 Å². The highest BCUT2D eigenvalue weighted by molar-refractivity contribution is 7.84. The topological polar surface area (TPSA) is 136 Å². The van der Waals surface area contributed by atoms with E-state index < -0.39 is 22.0 Å². The van der Waals surface area contributed by atoms with E-state index in [2.05, 4.69) is 19.4 Å².